The second-order valence-corrected chi connectivity index (χ2v) is 6.27. The molecule has 1 N–H and O–H groups in total. The third kappa shape index (κ3) is 4.29. The maximum Gasteiger partial charge on any atom is 0.257 e. The van der Waals surface area contributed by atoms with Gasteiger partial charge in [0.2, 0.25) is 0 Å². The van der Waals surface area contributed by atoms with E-state index in [0.29, 0.717) is 27.8 Å². The Morgan fingerprint density at radius 2 is 1.72 bits per heavy atom. The summed E-state index contributed by atoms with van der Waals surface area (Å²) in [6, 6.07) is 17.3. The zero-order chi connectivity index (χ0) is 17.8. The van der Waals surface area contributed by atoms with Crippen LogP contribution >= 0.6 is 23.2 Å². The van der Waals surface area contributed by atoms with E-state index in [-0.39, 0.29) is 11.5 Å². The van der Waals surface area contributed by atoms with Crippen molar-refractivity contribution < 1.29 is 4.79 Å². The second kappa shape index (κ2) is 7.55. The van der Waals surface area contributed by atoms with Crippen LogP contribution in [0.5, 0.6) is 0 Å². The molecule has 0 atom stereocenters. The highest BCUT2D eigenvalue weighted by molar-refractivity contribution is 6.42. The van der Waals surface area contributed by atoms with Crippen LogP contribution in [0.1, 0.15) is 15.9 Å². The van der Waals surface area contributed by atoms with E-state index in [9.17, 15) is 9.59 Å². The minimum absolute atomic E-state index is 0.171. The first-order chi connectivity index (χ1) is 12.0. The predicted molar refractivity (Wildman–Crippen MR) is 101 cm³/mol. The number of hydrogen-bond donors (Lipinski definition) is 1. The number of nitrogens with one attached hydrogen (secondary N) is 1. The Balaban J connectivity index is 1.82. The van der Waals surface area contributed by atoms with Crippen LogP contribution in [-0.2, 0) is 6.54 Å². The number of benzene rings is 2. The summed E-state index contributed by atoms with van der Waals surface area (Å²) in [4.78, 5) is 24.5. The molecule has 0 aliphatic rings. The van der Waals surface area contributed by atoms with Crippen molar-refractivity contribution in [1.82, 2.24) is 4.57 Å². The molecule has 0 saturated heterocycles. The van der Waals surface area contributed by atoms with Gasteiger partial charge in [-0.2, -0.15) is 0 Å². The van der Waals surface area contributed by atoms with Crippen molar-refractivity contribution in [2.75, 3.05) is 5.32 Å². The molecule has 1 aromatic heterocycles. The Morgan fingerprint density at radius 1 is 0.960 bits per heavy atom. The molecule has 6 heteroatoms. The molecule has 1 amide bonds. The fourth-order valence-corrected chi connectivity index (χ4v) is 2.64. The highest BCUT2D eigenvalue weighted by atomic mass is 35.5. The smallest absolute Gasteiger partial charge is 0.257 e. The van der Waals surface area contributed by atoms with Crippen molar-refractivity contribution in [3.05, 3.63) is 98.4 Å². The number of halogens is 2. The molecule has 0 spiro atoms. The minimum atomic E-state index is -0.333. The zero-order valence-corrected chi connectivity index (χ0v) is 14.6. The molecule has 4 nitrogen and oxygen atoms in total. The molecule has 0 fully saturated rings. The van der Waals surface area contributed by atoms with Gasteiger partial charge in [0.1, 0.15) is 0 Å². The molecule has 1 heterocycles. The van der Waals surface area contributed by atoms with Crippen LogP contribution in [0.15, 0.2) is 71.7 Å². The summed E-state index contributed by atoms with van der Waals surface area (Å²) >= 11 is 11.8. The van der Waals surface area contributed by atoms with E-state index < -0.39 is 0 Å². The topological polar surface area (TPSA) is 51.1 Å². The molecule has 0 radical (unpaired) electrons. The third-order valence-electron chi connectivity index (χ3n) is 3.62. The van der Waals surface area contributed by atoms with Gasteiger partial charge in [-0.05, 0) is 29.8 Å². The van der Waals surface area contributed by atoms with Crippen molar-refractivity contribution in [1.29, 1.82) is 0 Å². The maximum absolute atomic E-state index is 12.4. The molecule has 0 aliphatic carbocycles. The molecule has 0 unspecified atom stereocenters. The summed E-state index contributed by atoms with van der Waals surface area (Å²) < 4.78 is 1.50. The summed E-state index contributed by atoms with van der Waals surface area (Å²) in [5.41, 5.74) is 1.71. The van der Waals surface area contributed by atoms with E-state index in [4.69, 9.17) is 23.2 Å². The maximum atomic E-state index is 12.4. The van der Waals surface area contributed by atoms with Gasteiger partial charge in [0.05, 0.1) is 22.2 Å². The van der Waals surface area contributed by atoms with E-state index in [1.807, 2.05) is 30.3 Å². The molecule has 2 aromatic carbocycles. The van der Waals surface area contributed by atoms with Crippen molar-refractivity contribution >= 4 is 34.8 Å². The van der Waals surface area contributed by atoms with E-state index >= 15 is 0 Å². The van der Waals surface area contributed by atoms with Crippen LogP contribution < -0.4 is 10.9 Å². The van der Waals surface area contributed by atoms with Gasteiger partial charge in [0.15, 0.2) is 0 Å². The molecule has 3 aromatic rings. The zero-order valence-electron chi connectivity index (χ0n) is 13.1. The second-order valence-electron chi connectivity index (χ2n) is 5.45. The molecular weight excluding hydrogens is 359 g/mol. The molecule has 0 saturated carbocycles. The lowest BCUT2D eigenvalue weighted by Crippen LogP contribution is -2.22. The van der Waals surface area contributed by atoms with Crippen LogP contribution in [-0.4, -0.2) is 10.5 Å². The van der Waals surface area contributed by atoms with Crippen molar-refractivity contribution in [3.63, 3.8) is 0 Å². The number of hydrogen-bond acceptors (Lipinski definition) is 2. The molecular formula is C19H14Cl2N2O2. The normalized spacial score (nSPS) is 10.5. The van der Waals surface area contributed by atoms with Crippen molar-refractivity contribution in [2.45, 2.75) is 6.54 Å². The van der Waals surface area contributed by atoms with Gasteiger partial charge in [-0.1, -0.05) is 53.5 Å². The van der Waals surface area contributed by atoms with Crippen LogP contribution in [0.25, 0.3) is 0 Å². The lowest BCUT2D eigenvalue weighted by Gasteiger charge is -2.10. The number of carbonyl (C=O) groups excluding carboxylic acids is 1. The van der Waals surface area contributed by atoms with E-state index in [0.717, 1.165) is 5.56 Å². The molecule has 0 bridgehead atoms. The van der Waals surface area contributed by atoms with Crippen LogP contribution in [0.2, 0.25) is 10.0 Å². The number of pyridine rings is 1. The van der Waals surface area contributed by atoms with Gasteiger partial charge in [-0.25, -0.2) is 0 Å². The first kappa shape index (κ1) is 17.3. The van der Waals surface area contributed by atoms with Crippen molar-refractivity contribution in [3.8, 4) is 0 Å². The van der Waals surface area contributed by atoms with Gasteiger partial charge in [0, 0.05) is 18.0 Å². The summed E-state index contributed by atoms with van der Waals surface area (Å²) in [5, 5.41) is 3.51. The number of aromatic nitrogens is 1. The van der Waals surface area contributed by atoms with Gasteiger partial charge in [-0.3, -0.25) is 9.59 Å². The lowest BCUT2D eigenvalue weighted by atomic mass is 10.2. The summed E-state index contributed by atoms with van der Waals surface area (Å²) in [5.74, 6) is -0.333. The SMILES string of the molecule is O=C(Nc1ccc(Cl)c(Cl)c1)c1ccc(=O)n(Cc2ccccc2)c1. The molecule has 25 heavy (non-hydrogen) atoms. The monoisotopic (exact) mass is 372 g/mol. The summed E-state index contributed by atoms with van der Waals surface area (Å²) in [6.07, 6.45) is 1.54. The number of nitrogens with zero attached hydrogens (tertiary/aromatic N) is 1. The van der Waals surface area contributed by atoms with Crippen LogP contribution in [0.3, 0.4) is 0 Å². The Morgan fingerprint density at radius 3 is 2.44 bits per heavy atom. The van der Waals surface area contributed by atoms with Gasteiger partial charge in [-0.15, -0.1) is 0 Å². The highest BCUT2D eigenvalue weighted by Crippen LogP contribution is 2.25. The quantitative estimate of drug-likeness (QED) is 0.734. The number of anilines is 1. The number of amides is 1. The Labute approximate surface area is 154 Å². The fourth-order valence-electron chi connectivity index (χ4n) is 2.35. The largest absolute Gasteiger partial charge is 0.322 e. The van der Waals surface area contributed by atoms with Gasteiger partial charge in [0.25, 0.3) is 11.5 Å². The first-order valence-corrected chi connectivity index (χ1v) is 8.29. The first-order valence-electron chi connectivity index (χ1n) is 7.54. The summed E-state index contributed by atoms with van der Waals surface area (Å²) in [6.45, 7) is 0.396. The average Bonchev–Trinajstić information content (AvgIpc) is 2.61. The van der Waals surface area contributed by atoms with Crippen LogP contribution in [0, 0.1) is 0 Å². The standard InChI is InChI=1S/C19H14Cl2N2O2/c20-16-8-7-15(10-17(16)21)22-19(25)14-6-9-18(24)23(12-14)11-13-4-2-1-3-5-13/h1-10,12H,11H2,(H,22,25). The van der Waals surface area contributed by atoms with Gasteiger partial charge < -0.3 is 9.88 Å². The fraction of sp³-hybridized carbons (Fsp3) is 0.0526. The summed E-state index contributed by atoms with van der Waals surface area (Å²) in [7, 11) is 0. The Bertz CT molecular complexity index is 969. The molecule has 3 rings (SSSR count). The van der Waals surface area contributed by atoms with Crippen LogP contribution in [0.4, 0.5) is 5.69 Å². The minimum Gasteiger partial charge on any atom is -0.322 e. The Hall–Kier alpha value is -2.56. The third-order valence-corrected chi connectivity index (χ3v) is 4.36. The average molecular weight is 373 g/mol. The number of rotatable bonds is 4. The van der Waals surface area contributed by atoms with Crippen molar-refractivity contribution in [2.24, 2.45) is 0 Å². The van der Waals surface area contributed by atoms with E-state index in [2.05, 4.69) is 5.32 Å². The van der Waals surface area contributed by atoms with E-state index in [1.165, 1.54) is 16.7 Å². The van der Waals surface area contributed by atoms with Gasteiger partial charge >= 0.3 is 0 Å². The Kier molecular flexibility index (Phi) is 5.22. The van der Waals surface area contributed by atoms with E-state index in [1.54, 1.807) is 24.4 Å². The molecule has 126 valence electrons. The lowest BCUT2D eigenvalue weighted by molar-refractivity contribution is 0.102. The number of carbonyl (C=O) groups is 1. The highest BCUT2D eigenvalue weighted by Gasteiger charge is 2.09. The molecule has 0 aliphatic heterocycles. The predicted octanol–water partition coefficient (Wildman–Crippen LogP) is 4.46.